The minimum Gasteiger partial charge on any atom is -0.300 e. The maximum Gasteiger partial charge on any atom is 0.103 e. The quantitative estimate of drug-likeness (QED) is 0.532. The van der Waals surface area contributed by atoms with Crippen molar-refractivity contribution in [3.05, 3.63) is 0 Å². The zero-order valence-electron chi connectivity index (χ0n) is 6.19. The van der Waals surface area contributed by atoms with Gasteiger partial charge in [-0.1, -0.05) is 0 Å². The highest BCUT2D eigenvalue weighted by Gasteiger charge is 2.39. The summed E-state index contributed by atoms with van der Waals surface area (Å²) in [6, 6.07) is 0.532. The summed E-state index contributed by atoms with van der Waals surface area (Å²) < 4.78 is 12.9. The molecule has 0 aromatic heterocycles. The largest absolute Gasteiger partial charge is 0.300 e. The van der Waals surface area contributed by atoms with Crippen molar-refractivity contribution in [2.24, 2.45) is 0 Å². The molecule has 2 rings (SSSR count). The monoisotopic (exact) mass is 178 g/mol. The van der Waals surface area contributed by atoms with Crippen molar-refractivity contribution in [1.82, 2.24) is 10.6 Å². The minimum absolute atomic E-state index is 0.0428. The van der Waals surface area contributed by atoms with Gasteiger partial charge in [-0.2, -0.15) is 0 Å². The lowest BCUT2D eigenvalue weighted by Crippen LogP contribution is -2.47. The summed E-state index contributed by atoms with van der Waals surface area (Å²) in [5, 5.41) is 6.36. The first-order chi connectivity index (χ1) is 5.27. The highest BCUT2D eigenvalue weighted by Crippen LogP contribution is 2.27. The fourth-order valence-corrected chi connectivity index (χ4v) is 2.41. The van der Waals surface area contributed by atoms with Crippen LogP contribution in [-0.2, 0) is 0 Å². The lowest BCUT2D eigenvalue weighted by Gasteiger charge is -2.31. The van der Waals surface area contributed by atoms with Crippen LogP contribution in [0.5, 0.6) is 0 Å². The molecule has 0 amide bonds. The van der Waals surface area contributed by atoms with Gasteiger partial charge in [0.25, 0.3) is 0 Å². The Balaban J connectivity index is 2.04. The van der Waals surface area contributed by atoms with Gasteiger partial charge in [0.2, 0.25) is 0 Å². The Labute approximate surface area is 70.5 Å². The van der Waals surface area contributed by atoms with E-state index >= 15 is 0 Å². The molecular weight excluding hydrogens is 167 g/mol. The first-order valence-electron chi connectivity index (χ1n) is 4.02. The third kappa shape index (κ3) is 1.37. The van der Waals surface area contributed by atoms with E-state index in [9.17, 15) is 4.39 Å². The molecule has 0 aromatic rings. The van der Waals surface area contributed by atoms with Gasteiger partial charge in [-0.15, -0.1) is 11.6 Å². The molecule has 0 spiro atoms. The van der Waals surface area contributed by atoms with Crippen molar-refractivity contribution in [2.45, 2.75) is 36.5 Å². The maximum absolute atomic E-state index is 12.9. The zero-order chi connectivity index (χ0) is 7.84. The molecular formula is C7H12ClFN2. The summed E-state index contributed by atoms with van der Waals surface area (Å²) in [6.07, 6.45) is 0.393. The molecule has 2 fully saturated rings. The van der Waals surface area contributed by atoms with Crippen molar-refractivity contribution in [3.8, 4) is 0 Å². The van der Waals surface area contributed by atoms with Gasteiger partial charge >= 0.3 is 0 Å². The maximum atomic E-state index is 12.9. The predicted octanol–water partition coefficient (Wildman–Crippen LogP) is 0.613. The summed E-state index contributed by atoms with van der Waals surface area (Å²) >= 11 is 5.97. The minimum atomic E-state index is -0.717. The highest BCUT2D eigenvalue weighted by molar-refractivity contribution is 6.21. The number of hydrogen-bond acceptors (Lipinski definition) is 2. The Morgan fingerprint density at radius 2 is 2.09 bits per heavy atom. The van der Waals surface area contributed by atoms with Crippen LogP contribution in [0.1, 0.15) is 12.8 Å². The lowest BCUT2D eigenvalue weighted by atomic mass is 9.90. The highest BCUT2D eigenvalue weighted by atomic mass is 35.5. The molecule has 64 valence electrons. The third-order valence-corrected chi connectivity index (χ3v) is 2.97. The zero-order valence-corrected chi connectivity index (χ0v) is 6.94. The number of nitrogens with one attached hydrogen (secondary N) is 2. The SMILES string of the molecule is FC1CC(Cl)C2NCNC2C1. The van der Waals surface area contributed by atoms with Crippen molar-refractivity contribution >= 4 is 11.6 Å². The van der Waals surface area contributed by atoms with Crippen LogP contribution in [0.4, 0.5) is 4.39 Å². The van der Waals surface area contributed by atoms with Gasteiger partial charge in [0.1, 0.15) is 6.17 Å². The summed E-state index contributed by atoms with van der Waals surface area (Å²) in [6.45, 7) is 0.769. The first kappa shape index (κ1) is 7.77. The van der Waals surface area contributed by atoms with Gasteiger partial charge < -0.3 is 0 Å². The van der Waals surface area contributed by atoms with Crippen LogP contribution in [0, 0.1) is 0 Å². The average molecular weight is 179 g/mol. The molecule has 1 aliphatic heterocycles. The molecule has 2 aliphatic rings. The van der Waals surface area contributed by atoms with E-state index < -0.39 is 6.17 Å². The average Bonchev–Trinajstić information content (AvgIpc) is 2.34. The second-order valence-corrected chi connectivity index (χ2v) is 3.86. The normalized spacial score (nSPS) is 50.7. The number of halogens is 2. The molecule has 1 saturated heterocycles. The van der Waals surface area contributed by atoms with Gasteiger partial charge in [-0.05, 0) is 12.8 Å². The third-order valence-electron chi connectivity index (χ3n) is 2.52. The summed E-state index contributed by atoms with van der Waals surface area (Å²) in [5.74, 6) is 0. The number of hydrogen-bond donors (Lipinski definition) is 2. The van der Waals surface area contributed by atoms with E-state index in [1.807, 2.05) is 0 Å². The molecule has 1 heterocycles. The van der Waals surface area contributed by atoms with Crippen LogP contribution in [0.15, 0.2) is 0 Å². The summed E-state index contributed by atoms with van der Waals surface area (Å²) in [7, 11) is 0. The fourth-order valence-electron chi connectivity index (χ4n) is 1.95. The fraction of sp³-hybridized carbons (Fsp3) is 1.00. The molecule has 1 saturated carbocycles. The Morgan fingerprint density at radius 1 is 1.27 bits per heavy atom. The summed E-state index contributed by atoms with van der Waals surface area (Å²) in [4.78, 5) is 0. The standard InChI is InChI=1S/C7H12ClFN2/c8-5-1-4(9)2-6-7(5)11-3-10-6/h4-7,10-11H,1-3H2. The van der Waals surface area contributed by atoms with E-state index in [1.165, 1.54) is 0 Å². The second-order valence-electron chi connectivity index (χ2n) is 3.30. The first-order valence-corrected chi connectivity index (χ1v) is 4.46. The topological polar surface area (TPSA) is 24.1 Å². The van der Waals surface area contributed by atoms with Crippen LogP contribution in [0.2, 0.25) is 0 Å². The van der Waals surface area contributed by atoms with Gasteiger partial charge in [0.05, 0.1) is 5.38 Å². The second kappa shape index (κ2) is 2.88. The van der Waals surface area contributed by atoms with Crippen LogP contribution < -0.4 is 10.6 Å². The van der Waals surface area contributed by atoms with Crippen LogP contribution in [0.3, 0.4) is 0 Å². The number of alkyl halides is 2. The molecule has 0 radical (unpaired) electrons. The van der Waals surface area contributed by atoms with Gasteiger partial charge in [-0.25, -0.2) is 4.39 Å². The van der Waals surface area contributed by atoms with Gasteiger partial charge in [0.15, 0.2) is 0 Å². The van der Waals surface area contributed by atoms with E-state index in [1.54, 1.807) is 0 Å². The predicted molar refractivity (Wildman–Crippen MR) is 42.5 cm³/mol. The molecule has 4 atom stereocenters. The molecule has 0 bridgehead atoms. The summed E-state index contributed by atoms with van der Waals surface area (Å²) in [5.41, 5.74) is 0. The van der Waals surface area contributed by atoms with Crippen LogP contribution >= 0.6 is 11.6 Å². The van der Waals surface area contributed by atoms with Crippen LogP contribution in [-0.4, -0.2) is 30.3 Å². The molecule has 4 unspecified atom stereocenters. The Hall–Kier alpha value is 0.140. The molecule has 11 heavy (non-hydrogen) atoms. The molecule has 4 heteroatoms. The van der Waals surface area contributed by atoms with E-state index in [-0.39, 0.29) is 17.5 Å². The van der Waals surface area contributed by atoms with Gasteiger partial charge in [-0.3, -0.25) is 10.6 Å². The molecule has 2 N–H and O–H groups in total. The molecule has 2 nitrogen and oxygen atoms in total. The smallest absolute Gasteiger partial charge is 0.103 e. The van der Waals surface area contributed by atoms with Crippen molar-refractivity contribution in [1.29, 1.82) is 0 Å². The Morgan fingerprint density at radius 3 is 2.91 bits per heavy atom. The Kier molecular flexibility index (Phi) is 2.04. The number of fused-ring (bicyclic) bond motifs is 1. The van der Waals surface area contributed by atoms with Crippen molar-refractivity contribution < 1.29 is 4.39 Å². The van der Waals surface area contributed by atoms with E-state index in [2.05, 4.69) is 10.6 Å². The van der Waals surface area contributed by atoms with Crippen molar-refractivity contribution in [2.75, 3.05) is 6.67 Å². The van der Waals surface area contributed by atoms with Gasteiger partial charge in [0, 0.05) is 18.8 Å². The van der Waals surface area contributed by atoms with E-state index in [0.29, 0.717) is 12.8 Å². The van der Waals surface area contributed by atoms with Crippen molar-refractivity contribution in [3.63, 3.8) is 0 Å². The molecule has 1 aliphatic carbocycles. The lowest BCUT2D eigenvalue weighted by molar-refractivity contribution is 0.214. The van der Waals surface area contributed by atoms with E-state index in [4.69, 9.17) is 11.6 Å². The Bertz CT molecular complexity index is 155. The molecule has 0 aromatic carbocycles. The number of rotatable bonds is 0. The van der Waals surface area contributed by atoms with Crippen LogP contribution in [0.25, 0.3) is 0 Å². The van der Waals surface area contributed by atoms with E-state index in [0.717, 1.165) is 6.67 Å².